The van der Waals surface area contributed by atoms with Crippen LogP contribution in [-0.4, -0.2) is 46.1 Å². The van der Waals surface area contributed by atoms with Crippen LogP contribution in [0.5, 0.6) is 0 Å². The molecule has 0 amide bonds. The van der Waals surface area contributed by atoms with Gasteiger partial charge >= 0.3 is 0 Å². The Morgan fingerprint density at radius 3 is 2.33 bits per heavy atom. The van der Waals surface area contributed by atoms with E-state index in [4.69, 9.17) is 18.9 Å². The van der Waals surface area contributed by atoms with Crippen molar-refractivity contribution in [3.05, 3.63) is 11.6 Å². The van der Waals surface area contributed by atoms with Gasteiger partial charge in [0.05, 0.1) is 26.4 Å². The van der Waals surface area contributed by atoms with E-state index in [0.717, 1.165) is 65.0 Å². The summed E-state index contributed by atoms with van der Waals surface area (Å²) in [6, 6.07) is 0. The average molecular weight is 471 g/mol. The molecule has 0 aromatic carbocycles. The largest absolute Gasteiger partial charge is 0.347 e. The van der Waals surface area contributed by atoms with Crippen molar-refractivity contribution in [2.24, 2.45) is 34.5 Å². The first kappa shape index (κ1) is 22.8. The molecule has 4 nitrogen and oxygen atoms in total. The van der Waals surface area contributed by atoms with Crippen molar-refractivity contribution in [1.82, 2.24) is 0 Å². The van der Waals surface area contributed by atoms with Gasteiger partial charge in [-0.1, -0.05) is 45.1 Å². The summed E-state index contributed by atoms with van der Waals surface area (Å²) in [5, 5.41) is 0. The van der Waals surface area contributed by atoms with E-state index in [1.165, 1.54) is 6.42 Å². The molecule has 0 N–H and O–H groups in total. The van der Waals surface area contributed by atoms with Crippen LogP contribution in [0.3, 0.4) is 0 Å². The second kappa shape index (κ2) is 7.43. The van der Waals surface area contributed by atoms with Crippen molar-refractivity contribution in [3.8, 4) is 11.5 Å². The Morgan fingerprint density at radius 1 is 0.939 bits per heavy atom. The van der Waals surface area contributed by atoms with Crippen molar-refractivity contribution in [3.63, 3.8) is 0 Å². The molecule has 3 saturated carbocycles. The second-order valence-corrected chi connectivity index (χ2v) is 17.9. The van der Waals surface area contributed by atoms with Crippen molar-refractivity contribution < 1.29 is 18.9 Å². The molecule has 0 bridgehead atoms. The predicted octanol–water partition coefficient (Wildman–Crippen LogP) is 5.54. The highest BCUT2D eigenvalue weighted by Crippen LogP contribution is 2.70. The molecule has 2 heterocycles. The lowest BCUT2D eigenvalue weighted by Crippen LogP contribution is -2.58. The quantitative estimate of drug-likeness (QED) is 0.265. The maximum atomic E-state index is 6.43. The number of ether oxygens (including phenoxy) is 4. The van der Waals surface area contributed by atoms with E-state index in [-0.39, 0.29) is 22.4 Å². The molecule has 182 valence electrons. The summed E-state index contributed by atoms with van der Waals surface area (Å²) in [7, 11) is -1.47. The zero-order valence-electron chi connectivity index (χ0n) is 21.3. The van der Waals surface area contributed by atoms with Gasteiger partial charge in [0.2, 0.25) is 0 Å². The second-order valence-electron chi connectivity index (χ2n) is 13.2. The topological polar surface area (TPSA) is 36.9 Å². The van der Waals surface area contributed by atoms with Gasteiger partial charge in [0.25, 0.3) is 0 Å². The maximum absolute atomic E-state index is 6.43. The monoisotopic (exact) mass is 470 g/mol. The van der Waals surface area contributed by atoms with Crippen LogP contribution in [0.25, 0.3) is 0 Å². The van der Waals surface area contributed by atoms with Crippen molar-refractivity contribution >= 4 is 8.07 Å². The van der Waals surface area contributed by atoms with Gasteiger partial charge in [0.15, 0.2) is 11.6 Å². The molecule has 4 aliphatic carbocycles. The Morgan fingerprint density at radius 2 is 1.64 bits per heavy atom. The number of allylic oxidation sites excluding steroid dienone is 1. The van der Waals surface area contributed by atoms with Gasteiger partial charge < -0.3 is 18.9 Å². The molecule has 6 atom stereocenters. The van der Waals surface area contributed by atoms with Crippen LogP contribution in [0.4, 0.5) is 0 Å². The fourth-order valence-electron chi connectivity index (χ4n) is 8.86. The smallest absolute Gasteiger partial charge is 0.174 e. The number of rotatable bonds is 0. The summed E-state index contributed by atoms with van der Waals surface area (Å²) in [6.45, 7) is 15.1. The molecule has 2 saturated heterocycles. The van der Waals surface area contributed by atoms with Crippen molar-refractivity contribution in [1.29, 1.82) is 0 Å². The van der Waals surface area contributed by atoms with Crippen LogP contribution in [0, 0.1) is 46.0 Å². The van der Waals surface area contributed by atoms with Crippen LogP contribution in [0.15, 0.2) is 11.6 Å². The highest BCUT2D eigenvalue weighted by Gasteiger charge is 2.69. The lowest BCUT2D eigenvalue weighted by molar-refractivity contribution is -0.248. The summed E-state index contributed by atoms with van der Waals surface area (Å²) in [4.78, 5) is 0. The van der Waals surface area contributed by atoms with Crippen LogP contribution in [0.2, 0.25) is 19.6 Å². The minimum Gasteiger partial charge on any atom is -0.347 e. The average Bonchev–Trinajstić information content (AvgIpc) is 3.48. The lowest BCUT2D eigenvalue weighted by atomic mass is 9.44. The fraction of sp³-hybridized carbons (Fsp3) is 0.857. The van der Waals surface area contributed by atoms with Gasteiger partial charge in [-0.15, -0.1) is 11.5 Å². The molecule has 2 spiro atoms. The van der Waals surface area contributed by atoms with Crippen LogP contribution < -0.4 is 0 Å². The summed E-state index contributed by atoms with van der Waals surface area (Å²) in [5.74, 6) is 5.51. The highest BCUT2D eigenvalue weighted by molar-refractivity contribution is 6.83. The minimum absolute atomic E-state index is 0.0543. The Balaban J connectivity index is 1.41. The molecule has 0 unspecified atom stereocenters. The van der Waals surface area contributed by atoms with Crippen LogP contribution >= 0.6 is 0 Å². The Kier molecular flexibility index (Phi) is 5.13. The van der Waals surface area contributed by atoms with Crippen LogP contribution in [0.1, 0.15) is 58.8 Å². The van der Waals surface area contributed by atoms with Crippen LogP contribution in [-0.2, 0) is 18.9 Å². The Bertz CT molecular complexity index is 897. The molecule has 0 aromatic rings. The molecule has 33 heavy (non-hydrogen) atoms. The van der Waals surface area contributed by atoms with Gasteiger partial charge in [-0.05, 0) is 48.9 Å². The first-order chi connectivity index (χ1) is 15.6. The maximum Gasteiger partial charge on any atom is 0.174 e. The van der Waals surface area contributed by atoms with Crippen molar-refractivity contribution in [2.45, 2.75) is 90.0 Å². The fourth-order valence-corrected chi connectivity index (χ4v) is 9.48. The van der Waals surface area contributed by atoms with E-state index in [1.54, 1.807) is 5.57 Å². The predicted molar refractivity (Wildman–Crippen MR) is 131 cm³/mol. The zero-order valence-corrected chi connectivity index (χ0v) is 22.3. The molecule has 0 aromatic heterocycles. The minimum atomic E-state index is -1.47. The third-order valence-corrected chi connectivity index (χ3v) is 11.2. The van der Waals surface area contributed by atoms with Gasteiger partial charge in [0, 0.05) is 30.6 Å². The van der Waals surface area contributed by atoms with Gasteiger partial charge in [-0.3, -0.25) is 0 Å². The molecular weight excluding hydrogens is 428 g/mol. The van der Waals surface area contributed by atoms with E-state index < -0.39 is 8.07 Å². The first-order valence-corrected chi connectivity index (χ1v) is 16.9. The molecule has 0 radical (unpaired) electrons. The summed E-state index contributed by atoms with van der Waals surface area (Å²) >= 11 is 0. The van der Waals surface area contributed by atoms with Crippen molar-refractivity contribution in [2.75, 3.05) is 26.4 Å². The SMILES string of the molecule is C[C@]12CCC3(CC1=CC[C@@H]1[C@@H]2[C@@H](C#C[Si](C)(C)C)C[C@@]2(C)[C@H]1CCC21OCCO1)OCCO3. The Labute approximate surface area is 201 Å². The molecule has 6 rings (SSSR count). The Hall–Kier alpha value is -0.643. The zero-order chi connectivity index (χ0) is 23.1. The highest BCUT2D eigenvalue weighted by atomic mass is 28.3. The van der Waals surface area contributed by atoms with Gasteiger partial charge in [-0.2, -0.15) is 0 Å². The third kappa shape index (κ3) is 3.31. The summed E-state index contributed by atoms with van der Waals surface area (Å²) in [6.07, 6.45) is 10.2. The molecule has 6 aliphatic rings. The lowest BCUT2D eigenvalue weighted by Gasteiger charge is -2.61. The summed E-state index contributed by atoms with van der Waals surface area (Å²) in [5.41, 5.74) is 5.63. The number of hydrogen-bond acceptors (Lipinski definition) is 4. The van der Waals surface area contributed by atoms with E-state index in [1.807, 2.05) is 0 Å². The normalized spacial score (nSPS) is 45.2. The molecule has 2 aliphatic heterocycles. The third-order valence-electron chi connectivity index (χ3n) is 10.3. The van der Waals surface area contributed by atoms with Gasteiger partial charge in [-0.25, -0.2) is 0 Å². The van der Waals surface area contributed by atoms with E-state index in [2.05, 4.69) is 51.0 Å². The summed E-state index contributed by atoms with van der Waals surface area (Å²) < 4.78 is 25.2. The van der Waals surface area contributed by atoms with Gasteiger partial charge in [0.1, 0.15) is 8.07 Å². The molecule has 5 fully saturated rings. The number of hydrogen-bond donors (Lipinski definition) is 0. The van der Waals surface area contributed by atoms with E-state index in [0.29, 0.717) is 23.7 Å². The first-order valence-electron chi connectivity index (χ1n) is 13.4. The van der Waals surface area contributed by atoms with E-state index in [9.17, 15) is 0 Å². The molecular formula is C28H42O4Si. The van der Waals surface area contributed by atoms with E-state index >= 15 is 0 Å². The number of fused-ring (bicyclic) bond motifs is 6. The standard InChI is InChI=1S/C28H42O4Si/c1-25-11-12-27(29-13-14-30-27)19-21(25)6-7-22-23-8-10-28(31-15-16-32-28)26(23,2)18-20(24(22)25)9-17-33(3,4)5/h6,20,22-24H,7-8,10-16,18-19H2,1-5H3/t20-,22-,23-,24-,25-,26-/m0/s1. The molecule has 5 heteroatoms.